The van der Waals surface area contributed by atoms with E-state index in [2.05, 4.69) is 10.3 Å². The quantitative estimate of drug-likeness (QED) is 0.888. The van der Waals surface area contributed by atoms with Crippen LogP contribution in [0.2, 0.25) is 0 Å². The predicted octanol–water partition coefficient (Wildman–Crippen LogP) is 2.48. The molecule has 0 atom stereocenters. The molecule has 0 saturated carbocycles. The first-order valence-corrected chi connectivity index (χ1v) is 6.77. The van der Waals surface area contributed by atoms with Crippen LogP contribution < -0.4 is 10.1 Å². The number of benzene rings is 1. The van der Waals surface area contributed by atoms with Crippen LogP contribution in [0, 0.1) is 5.82 Å². The maximum atomic E-state index is 13.0. The van der Waals surface area contributed by atoms with Crippen molar-refractivity contribution < 1.29 is 13.9 Å². The largest absolute Gasteiger partial charge is 0.478 e. The van der Waals surface area contributed by atoms with Gasteiger partial charge < -0.3 is 10.1 Å². The minimum atomic E-state index is -0.341. The Bertz CT molecular complexity index is 617. The number of amides is 1. The van der Waals surface area contributed by atoms with E-state index in [4.69, 9.17) is 4.74 Å². The third-order valence-corrected chi connectivity index (χ3v) is 2.86. The van der Waals surface area contributed by atoms with E-state index < -0.39 is 0 Å². The minimum absolute atomic E-state index is 0.141. The average Bonchev–Trinajstić information content (AvgIpc) is 2.47. The van der Waals surface area contributed by atoms with Gasteiger partial charge in [0.2, 0.25) is 11.8 Å². The summed E-state index contributed by atoms with van der Waals surface area (Å²) >= 11 is 0. The number of nitrogens with zero attached hydrogens (tertiary/aromatic N) is 1. The number of rotatable bonds is 6. The molecule has 1 heterocycles. The molecule has 0 unspecified atom stereocenters. The molecular formula is C16H17FN2O2. The Hall–Kier alpha value is -2.43. The molecule has 1 aromatic heterocycles. The summed E-state index contributed by atoms with van der Waals surface area (Å²) in [7, 11) is 0. The molecule has 110 valence electrons. The summed E-state index contributed by atoms with van der Waals surface area (Å²) in [5, 5.41) is 2.78. The fourth-order valence-corrected chi connectivity index (χ4v) is 1.91. The molecule has 0 fully saturated rings. The molecule has 0 aliphatic carbocycles. The molecular weight excluding hydrogens is 271 g/mol. The topological polar surface area (TPSA) is 51.2 Å². The van der Waals surface area contributed by atoms with Gasteiger partial charge in [0.15, 0.2) is 0 Å². The highest BCUT2D eigenvalue weighted by molar-refractivity contribution is 5.78. The summed E-state index contributed by atoms with van der Waals surface area (Å²) < 4.78 is 18.4. The highest BCUT2D eigenvalue weighted by atomic mass is 19.1. The molecule has 1 N–H and O–H groups in total. The van der Waals surface area contributed by atoms with E-state index in [1.165, 1.54) is 12.1 Å². The Morgan fingerprint density at radius 1 is 1.33 bits per heavy atom. The monoisotopic (exact) mass is 288 g/mol. The molecule has 0 bridgehead atoms. The number of hydrogen-bond donors (Lipinski definition) is 1. The third kappa shape index (κ3) is 4.56. The summed E-state index contributed by atoms with van der Waals surface area (Å²) in [5.74, 6) is 0.00384. The number of halogens is 1. The van der Waals surface area contributed by atoms with Crippen LogP contribution in [0.25, 0.3) is 0 Å². The Labute approximate surface area is 123 Å². The summed E-state index contributed by atoms with van der Waals surface area (Å²) in [5.41, 5.74) is 1.45. The van der Waals surface area contributed by atoms with Crippen molar-refractivity contribution in [2.75, 3.05) is 6.61 Å². The SMILES string of the molecule is CCOc1ncccc1CNC(=O)Cc1cccc(F)c1. The zero-order valence-corrected chi connectivity index (χ0v) is 11.8. The van der Waals surface area contributed by atoms with Gasteiger partial charge in [-0.2, -0.15) is 0 Å². The van der Waals surface area contributed by atoms with Gasteiger partial charge in [0.1, 0.15) is 5.82 Å². The van der Waals surface area contributed by atoms with Crippen LogP contribution in [0.4, 0.5) is 4.39 Å². The second kappa shape index (κ2) is 7.38. The molecule has 1 amide bonds. The molecule has 0 aliphatic heterocycles. The second-order valence-electron chi connectivity index (χ2n) is 4.48. The molecule has 2 rings (SSSR count). The molecule has 5 heteroatoms. The number of ether oxygens (including phenoxy) is 1. The van der Waals surface area contributed by atoms with Crippen molar-refractivity contribution >= 4 is 5.91 Å². The zero-order chi connectivity index (χ0) is 15.1. The fourth-order valence-electron chi connectivity index (χ4n) is 1.91. The summed E-state index contributed by atoms with van der Waals surface area (Å²) in [4.78, 5) is 16.0. The lowest BCUT2D eigenvalue weighted by molar-refractivity contribution is -0.120. The van der Waals surface area contributed by atoms with Gasteiger partial charge in [-0.15, -0.1) is 0 Å². The van der Waals surface area contributed by atoms with E-state index in [1.807, 2.05) is 13.0 Å². The van der Waals surface area contributed by atoms with Crippen molar-refractivity contribution in [1.29, 1.82) is 0 Å². The Kier molecular flexibility index (Phi) is 5.26. The van der Waals surface area contributed by atoms with Gasteiger partial charge in [-0.1, -0.05) is 18.2 Å². The van der Waals surface area contributed by atoms with Gasteiger partial charge in [-0.25, -0.2) is 9.37 Å². The molecule has 2 aromatic rings. The normalized spacial score (nSPS) is 10.2. The van der Waals surface area contributed by atoms with E-state index in [0.29, 0.717) is 24.6 Å². The van der Waals surface area contributed by atoms with Crippen molar-refractivity contribution in [3.8, 4) is 5.88 Å². The summed E-state index contributed by atoms with van der Waals surface area (Å²) in [6.45, 7) is 2.72. The number of carbonyl (C=O) groups excluding carboxylic acids is 1. The van der Waals surface area contributed by atoms with E-state index in [-0.39, 0.29) is 18.1 Å². The molecule has 0 saturated heterocycles. The Morgan fingerprint density at radius 2 is 2.19 bits per heavy atom. The van der Waals surface area contributed by atoms with Gasteiger partial charge in [0.05, 0.1) is 13.0 Å². The number of hydrogen-bond acceptors (Lipinski definition) is 3. The lowest BCUT2D eigenvalue weighted by Gasteiger charge is -2.09. The molecule has 0 aliphatic rings. The van der Waals surface area contributed by atoms with Crippen molar-refractivity contribution in [2.24, 2.45) is 0 Å². The van der Waals surface area contributed by atoms with Crippen LogP contribution in [-0.4, -0.2) is 17.5 Å². The first kappa shape index (κ1) is 15.0. The smallest absolute Gasteiger partial charge is 0.224 e. The maximum absolute atomic E-state index is 13.0. The van der Waals surface area contributed by atoms with Gasteiger partial charge in [-0.05, 0) is 30.7 Å². The Morgan fingerprint density at radius 3 is 2.95 bits per heavy atom. The van der Waals surface area contributed by atoms with Gasteiger partial charge >= 0.3 is 0 Å². The highest BCUT2D eigenvalue weighted by Crippen LogP contribution is 2.13. The van der Waals surface area contributed by atoms with Crippen molar-refractivity contribution in [1.82, 2.24) is 10.3 Å². The van der Waals surface area contributed by atoms with Crippen LogP contribution in [0.5, 0.6) is 5.88 Å². The second-order valence-corrected chi connectivity index (χ2v) is 4.48. The van der Waals surface area contributed by atoms with Gasteiger partial charge in [0.25, 0.3) is 0 Å². The van der Waals surface area contributed by atoms with Gasteiger partial charge in [-0.3, -0.25) is 4.79 Å². The number of aromatic nitrogens is 1. The minimum Gasteiger partial charge on any atom is -0.478 e. The molecule has 4 nitrogen and oxygen atoms in total. The van der Waals surface area contributed by atoms with Crippen molar-refractivity contribution in [3.05, 3.63) is 59.5 Å². The van der Waals surface area contributed by atoms with E-state index in [9.17, 15) is 9.18 Å². The first-order valence-electron chi connectivity index (χ1n) is 6.77. The molecule has 0 radical (unpaired) electrons. The molecule has 1 aromatic carbocycles. The lowest BCUT2D eigenvalue weighted by atomic mass is 10.1. The van der Waals surface area contributed by atoms with E-state index >= 15 is 0 Å². The number of pyridine rings is 1. The maximum Gasteiger partial charge on any atom is 0.224 e. The third-order valence-electron chi connectivity index (χ3n) is 2.86. The van der Waals surface area contributed by atoms with Crippen LogP contribution >= 0.6 is 0 Å². The van der Waals surface area contributed by atoms with Crippen LogP contribution in [0.3, 0.4) is 0 Å². The van der Waals surface area contributed by atoms with Crippen LogP contribution in [-0.2, 0) is 17.8 Å². The molecule has 0 spiro atoms. The average molecular weight is 288 g/mol. The summed E-state index contributed by atoms with van der Waals surface area (Å²) in [6, 6.07) is 9.66. The summed E-state index contributed by atoms with van der Waals surface area (Å²) in [6.07, 6.45) is 1.78. The Balaban J connectivity index is 1.92. The number of nitrogens with one attached hydrogen (secondary N) is 1. The number of carbonyl (C=O) groups is 1. The van der Waals surface area contributed by atoms with Crippen LogP contribution in [0.15, 0.2) is 42.6 Å². The van der Waals surface area contributed by atoms with Gasteiger partial charge in [0, 0.05) is 18.3 Å². The van der Waals surface area contributed by atoms with Crippen molar-refractivity contribution in [2.45, 2.75) is 19.9 Å². The zero-order valence-electron chi connectivity index (χ0n) is 11.8. The lowest BCUT2D eigenvalue weighted by Crippen LogP contribution is -2.25. The van der Waals surface area contributed by atoms with E-state index in [1.54, 1.807) is 24.4 Å². The standard InChI is InChI=1S/C16H17FN2O2/c1-2-21-16-13(6-4-8-18-16)11-19-15(20)10-12-5-3-7-14(17)9-12/h3-9H,2,10-11H2,1H3,(H,19,20). The highest BCUT2D eigenvalue weighted by Gasteiger charge is 2.07. The van der Waals surface area contributed by atoms with Crippen LogP contribution in [0.1, 0.15) is 18.1 Å². The molecule has 21 heavy (non-hydrogen) atoms. The predicted molar refractivity (Wildman–Crippen MR) is 77.4 cm³/mol. The van der Waals surface area contributed by atoms with Crippen molar-refractivity contribution in [3.63, 3.8) is 0 Å². The first-order chi connectivity index (χ1) is 10.2. The van der Waals surface area contributed by atoms with E-state index in [0.717, 1.165) is 5.56 Å². The fraction of sp³-hybridized carbons (Fsp3) is 0.250.